The maximum Gasteiger partial charge on any atom is 0.123 e. The van der Waals surface area contributed by atoms with Crippen LogP contribution in [0, 0.1) is 5.82 Å². The van der Waals surface area contributed by atoms with E-state index >= 15 is 0 Å². The Kier molecular flexibility index (Phi) is 5.70. The minimum Gasteiger partial charge on any atom is -0.384 e. The number of aromatic nitrogens is 1. The van der Waals surface area contributed by atoms with E-state index < -0.39 is 0 Å². The number of halogens is 2. The van der Waals surface area contributed by atoms with Gasteiger partial charge in [0, 0.05) is 16.7 Å². The Hall–Kier alpha value is -1.46. The second-order valence-electron chi connectivity index (χ2n) is 4.97. The lowest BCUT2D eigenvalue weighted by Gasteiger charge is -2.20. The van der Waals surface area contributed by atoms with Gasteiger partial charge < -0.3 is 11.1 Å². The fourth-order valence-electron chi connectivity index (χ4n) is 2.25. The molecule has 0 aliphatic carbocycles. The lowest BCUT2D eigenvalue weighted by molar-refractivity contribution is 0.522. The quantitative estimate of drug-likeness (QED) is 0.830. The van der Waals surface area contributed by atoms with Gasteiger partial charge in [0.2, 0.25) is 0 Å². The Morgan fingerprint density at radius 2 is 2.14 bits per heavy atom. The molecule has 0 spiro atoms. The van der Waals surface area contributed by atoms with Crippen molar-refractivity contribution in [2.75, 3.05) is 12.3 Å². The van der Waals surface area contributed by atoms with Crippen LogP contribution in [-0.2, 0) is 6.42 Å². The molecule has 1 aromatic heterocycles. The zero-order valence-corrected chi connectivity index (χ0v) is 13.5. The van der Waals surface area contributed by atoms with Gasteiger partial charge in [-0.3, -0.25) is 0 Å². The summed E-state index contributed by atoms with van der Waals surface area (Å²) in [5.41, 5.74) is 7.72. The minimum atomic E-state index is -0.231. The van der Waals surface area contributed by atoms with Crippen LogP contribution in [0.5, 0.6) is 0 Å². The van der Waals surface area contributed by atoms with Crippen molar-refractivity contribution in [3.05, 3.63) is 57.9 Å². The van der Waals surface area contributed by atoms with Crippen LogP contribution >= 0.6 is 15.9 Å². The van der Waals surface area contributed by atoms with Crippen molar-refractivity contribution in [2.45, 2.75) is 25.8 Å². The summed E-state index contributed by atoms with van der Waals surface area (Å²) in [4.78, 5) is 4.00. The molecule has 1 atom stereocenters. The monoisotopic (exact) mass is 351 g/mol. The van der Waals surface area contributed by atoms with Crippen LogP contribution in [0.4, 0.5) is 10.2 Å². The SMILES string of the molecule is CCCNC(Cc1ccnc(N)c1)c1cc(F)ccc1Br. The Labute approximate surface area is 132 Å². The number of nitrogens with two attached hydrogens (primary N) is 1. The van der Waals surface area contributed by atoms with Crippen LogP contribution in [0.25, 0.3) is 0 Å². The van der Waals surface area contributed by atoms with Crippen molar-refractivity contribution in [1.82, 2.24) is 10.3 Å². The molecule has 0 aliphatic rings. The summed E-state index contributed by atoms with van der Waals surface area (Å²) in [6.07, 6.45) is 3.44. The standard InChI is InChI=1S/C16H19BrFN3/c1-2-6-20-15(8-11-5-7-21-16(19)9-11)13-10-12(18)3-4-14(13)17/h3-5,7,9-10,15,20H,2,6,8H2,1H3,(H2,19,21). The molecule has 0 saturated carbocycles. The minimum absolute atomic E-state index is 0.0248. The Morgan fingerprint density at radius 1 is 1.33 bits per heavy atom. The summed E-state index contributed by atoms with van der Waals surface area (Å²) in [6, 6.07) is 8.58. The van der Waals surface area contributed by atoms with Gasteiger partial charge in [0.15, 0.2) is 0 Å². The molecule has 0 radical (unpaired) electrons. The van der Waals surface area contributed by atoms with Gasteiger partial charge in [0.1, 0.15) is 11.6 Å². The third-order valence-electron chi connectivity index (χ3n) is 3.26. The van der Waals surface area contributed by atoms with Crippen LogP contribution in [0.3, 0.4) is 0 Å². The number of nitrogens with zero attached hydrogens (tertiary/aromatic N) is 1. The lowest BCUT2D eigenvalue weighted by atomic mass is 9.99. The van der Waals surface area contributed by atoms with Gasteiger partial charge in [-0.1, -0.05) is 22.9 Å². The van der Waals surface area contributed by atoms with Gasteiger partial charge in [0.05, 0.1) is 0 Å². The number of benzene rings is 1. The summed E-state index contributed by atoms with van der Waals surface area (Å²) < 4.78 is 14.5. The molecule has 3 N–H and O–H groups in total. The first-order chi connectivity index (χ1) is 10.1. The van der Waals surface area contributed by atoms with E-state index in [1.807, 2.05) is 12.1 Å². The van der Waals surface area contributed by atoms with Crippen molar-refractivity contribution in [2.24, 2.45) is 0 Å². The van der Waals surface area contributed by atoms with Crippen molar-refractivity contribution in [3.63, 3.8) is 0 Å². The Morgan fingerprint density at radius 3 is 2.86 bits per heavy atom. The van der Waals surface area contributed by atoms with Crippen molar-refractivity contribution in [1.29, 1.82) is 0 Å². The molecule has 0 bridgehead atoms. The molecule has 21 heavy (non-hydrogen) atoms. The Balaban J connectivity index is 2.27. The first-order valence-electron chi connectivity index (χ1n) is 6.99. The maximum atomic E-state index is 13.6. The van der Waals surface area contributed by atoms with Crippen molar-refractivity contribution < 1.29 is 4.39 Å². The van der Waals surface area contributed by atoms with Crippen LogP contribution in [0.1, 0.15) is 30.5 Å². The van der Waals surface area contributed by atoms with Crippen molar-refractivity contribution in [3.8, 4) is 0 Å². The third-order valence-corrected chi connectivity index (χ3v) is 3.98. The number of pyridine rings is 1. The van der Waals surface area contributed by atoms with Crippen LogP contribution in [0.15, 0.2) is 41.0 Å². The van der Waals surface area contributed by atoms with E-state index in [9.17, 15) is 4.39 Å². The fraction of sp³-hybridized carbons (Fsp3) is 0.312. The Bertz CT molecular complexity index is 604. The highest BCUT2D eigenvalue weighted by molar-refractivity contribution is 9.10. The highest BCUT2D eigenvalue weighted by Gasteiger charge is 2.15. The van der Waals surface area contributed by atoms with E-state index in [1.165, 1.54) is 6.07 Å². The highest BCUT2D eigenvalue weighted by atomic mass is 79.9. The molecule has 112 valence electrons. The van der Waals surface area contributed by atoms with Crippen molar-refractivity contribution >= 4 is 21.7 Å². The van der Waals surface area contributed by atoms with E-state index in [1.54, 1.807) is 18.3 Å². The molecule has 0 saturated heterocycles. The van der Waals surface area contributed by atoms with E-state index in [0.717, 1.165) is 35.0 Å². The van der Waals surface area contributed by atoms with E-state index in [-0.39, 0.29) is 11.9 Å². The summed E-state index contributed by atoms with van der Waals surface area (Å²) >= 11 is 3.51. The predicted molar refractivity (Wildman–Crippen MR) is 87.5 cm³/mol. The van der Waals surface area contributed by atoms with Gasteiger partial charge in [-0.2, -0.15) is 0 Å². The molecule has 1 unspecified atom stereocenters. The van der Waals surface area contributed by atoms with E-state index in [0.29, 0.717) is 5.82 Å². The molecular formula is C16H19BrFN3. The molecule has 5 heteroatoms. The predicted octanol–water partition coefficient (Wildman–Crippen LogP) is 3.85. The molecule has 1 heterocycles. The number of rotatable bonds is 6. The zero-order chi connectivity index (χ0) is 15.2. The molecule has 0 amide bonds. The third kappa shape index (κ3) is 4.51. The van der Waals surface area contributed by atoms with Crippen LogP contribution < -0.4 is 11.1 Å². The largest absolute Gasteiger partial charge is 0.384 e. The molecular weight excluding hydrogens is 333 g/mol. The molecule has 3 nitrogen and oxygen atoms in total. The van der Waals surface area contributed by atoms with Gasteiger partial charge in [-0.05, 0) is 60.8 Å². The van der Waals surface area contributed by atoms with Gasteiger partial charge in [0.25, 0.3) is 0 Å². The normalized spacial score (nSPS) is 12.3. The summed E-state index contributed by atoms with van der Waals surface area (Å²) in [7, 11) is 0. The smallest absolute Gasteiger partial charge is 0.123 e. The van der Waals surface area contributed by atoms with Gasteiger partial charge >= 0.3 is 0 Å². The van der Waals surface area contributed by atoms with Gasteiger partial charge in [-0.25, -0.2) is 9.37 Å². The second kappa shape index (κ2) is 7.52. The van der Waals surface area contributed by atoms with E-state index in [2.05, 4.69) is 33.2 Å². The first-order valence-corrected chi connectivity index (χ1v) is 7.78. The van der Waals surface area contributed by atoms with E-state index in [4.69, 9.17) is 5.73 Å². The molecule has 0 aliphatic heterocycles. The number of anilines is 1. The summed E-state index contributed by atoms with van der Waals surface area (Å²) in [5, 5.41) is 3.46. The number of hydrogen-bond donors (Lipinski definition) is 2. The van der Waals surface area contributed by atoms with Crippen LogP contribution in [0.2, 0.25) is 0 Å². The lowest BCUT2D eigenvalue weighted by Crippen LogP contribution is -2.24. The topological polar surface area (TPSA) is 50.9 Å². The molecule has 1 aromatic carbocycles. The second-order valence-corrected chi connectivity index (χ2v) is 5.82. The average molecular weight is 352 g/mol. The highest BCUT2D eigenvalue weighted by Crippen LogP contribution is 2.27. The first kappa shape index (κ1) is 15.9. The molecule has 2 aromatic rings. The molecule has 2 rings (SSSR count). The number of hydrogen-bond acceptors (Lipinski definition) is 3. The van der Waals surface area contributed by atoms with Crippen LogP contribution in [-0.4, -0.2) is 11.5 Å². The number of nitrogens with one attached hydrogen (secondary N) is 1. The maximum absolute atomic E-state index is 13.6. The summed E-state index contributed by atoms with van der Waals surface area (Å²) in [6.45, 7) is 2.98. The number of nitrogen functional groups attached to an aromatic ring is 1. The van der Waals surface area contributed by atoms with Gasteiger partial charge in [-0.15, -0.1) is 0 Å². The summed E-state index contributed by atoms with van der Waals surface area (Å²) in [5.74, 6) is 0.269. The zero-order valence-electron chi connectivity index (χ0n) is 11.9. The fourth-order valence-corrected chi connectivity index (χ4v) is 2.77. The average Bonchev–Trinajstić information content (AvgIpc) is 2.46. The molecule has 0 fully saturated rings.